The van der Waals surface area contributed by atoms with E-state index in [9.17, 15) is 0 Å². The predicted molar refractivity (Wildman–Crippen MR) is 66.4 cm³/mol. The highest BCUT2D eigenvalue weighted by Crippen LogP contribution is 2.32. The van der Waals surface area contributed by atoms with Crippen LogP contribution in [0.2, 0.25) is 0 Å². The Morgan fingerprint density at radius 1 is 1.53 bits per heavy atom. The molecule has 0 amide bonds. The maximum Gasteiger partial charge on any atom is 0.212 e. The number of nitrogens with zero attached hydrogens (tertiary/aromatic N) is 2. The number of allylic oxidation sites excluding steroid dienone is 4. The van der Waals surface area contributed by atoms with Crippen LogP contribution in [0.25, 0.3) is 5.57 Å². The molecule has 4 heteroatoms. The van der Waals surface area contributed by atoms with Gasteiger partial charge < -0.3 is 4.74 Å². The lowest BCUT2D eigenvalue weighted by Crippen LogP contribution is -2.04. The summed E-state index contributed by atoms with van der Waals surface area (Å²) in [6, 6.07) is 5.93. The van der Waals surface area contributed by atoms with Gasteiger partial charge in [0, 0.05) is 17.3 Å². The van der Waals surface area contributed by atoms with Crippen LogP contribution in [0.3, 0.4) is 0 Å². The molecule has 3 nitrogen and oxygen atoms in total. The van der Waals surface area contributed by atoms with Crippen molar-refractivity contribution in [3.63, 3.8) is 0 Å². The van der Waals surface area contributed by atoms with Crippen molar-refractivity contribution in [3.8, 4) is 11.9 Å². The molecule has 0 aromatic carbocycles. The van der Waals surface area contributed by atoms with Crippen LogP contribution in [0, 0.1) is 17.2 Å². The molecule has 17 heavy (non-hydrogen) atoms. The molecule has 1 unspecified atom stereocenters. The van der Waals surface area contributed by atoms with Crippen LogP contribution < -0.4 is 4.74 Å². The summed E-state index contributed by atoms with van der Waals surface area (Å²) in [6.45, 7) is 0. The topological polar surface area (TPSA) is 45.9 Å². The number of nitriles is 1. The first-order valence-electron chi connectivity index (χ1n) is 5.22. The summed E-state index contributed by atoms with van der Waals surface area (Å²) < 4.78 is 5.00. The van der Waals surface area contributed by atoms with E-state index >= 15 is 0 Å². The highest BCUT2D eigenvalue weighted by molar-refractivity contribution is 6.31. The van der Waals surface area contributed by atoms with E-state index in [2.05, 4.69) is 11.1 Å². The normalized spacial score (nSPS) is 19.0. The van der Waals surface area contributed by atoms with Gasteiger partial charge in [0.2, 0.25) is 5.88 Å². The molecule has 0 N–H and O–H groups in total. The standard InChI is InChI=1S/C13H11ClN2O/c1-17-13-5-3-10(8-16-13)12-6-11(14)4-2-9(12)7-15/h3-6,8-9H,2H2,1H3. The molecule has 0 saturated carbocycles. The summed E-state index contributed by atoms with van der Waals surface area (Å²) in [5, 5.41) is 9.77. The van der Waals surface area contributed by atoms with Gasteiger partial charge in [-0.25, -0.2) is 4.98 Å². The molecule has 1 aromatic rings. The van der Waals surface area contributed by atoms with E-state index in [0.717, 1.165) is 11.1 Å². The molecule has 0 spiro atoms. The fourth-order valence-electron chi connectivity index (χ4n) is 1.74. The SMILES string of the molecule is COc1ccc(C2=CC(Cl)=CCC2C#N)cn1. The Labute approximate surface area is 105 Å². The minimum Gasteiger partial charge on any atom is -0.481 e. The Kier molecular flexibility index (Phi) is 3.46. The van der Waals surface area contributed by atoms with Gasteiger partial charge in [-0.3, -0.25) is 0 Å². The minimum absolute atomic E-state index is 0.160. The predicted octanol–water partition coefficient (Wildman–Crippen LogP) is 3.14. The number of rotatable bonds is 2. The molecule has 86 valence electrons. The van der Waals surface area contributed by atoms with E-state index in [1.54, 1.807) is 19.4 Å². The number of ether oxygens (including phenoxy) is 1. The Balaban J connectivity index is 2.36. The molecular formula is C13H11ClN2O. The van der Waals surface area contributed by atoms with Gasteiger partial charge >= 0.3 is 0 Å². The molecule has 1 aliphatic rings. The zero-order chi connectivity index (χ0) is 12.3. The summed E-state index contributed by atoms with van der Waals surface area (Å²) in [6.07, 6.45) is 6.02. The second-order valence-corrected chi connectivity index (χ2v) is 4.13. The molecule has 1 atom stereocenters. The quantitative estimate of drug-likeness (QED) is 0.805. The Bertz CT molecular complexity index is 511. The van der Waals surface area contributed by atoms with Gasteiger partial charge in [-0.15, -0.1) is 0 Å². The van der Waals surface area contributed by atoms with Crippen molar-refractivity contribution in [1.29, 1.82) is 5.26 Å². The van der Waals surface area contributed by atoms with Gasteiger partial charge in [0.05, 0.1) is 19.1 Å². The van der Waals surface area contributed by atoms with Crippen LogP contribution in [0.5, 0.6) is 5.88 Å². The minimum atomic E-state index is -0.160. The van der Waals surface area contributed by atoms with Crippen LogP contribution in [0.4, 0.5) is 0 Å². The third kappa shape index (κ3) is 2.48. The van der Waals surface area contributed by atoms with E-state index in [0.29, 0.717) is 17.3 Å². The van der Waals surface area contributed by atoms with Gasteiger partial charge in [-0.05, 0) is 29.7 Å². The molecular weight excluding hydrogens is 236 g/mol. The third-order valence-corrected chi connectivity index (χ3v) is 2.92. The van der Waals surface area contributed by atoms with Crippen LogP contribution in [0.15, 0.2) is 35.5 Å². The average molecular weight is 247 g/mol. The summed E-state index contributed by atoms with van der Waals surface area (Å²) in [5.74, 6) is 0.396. The molecule has 0 saturated heterocycles. The average Bonchev–Trinajstić information content (AvgIpc) is 2.39. The molecule has 2 rings (SSSR count). The number of pyridine rings is 1. The first-order valence-corrected chi connectivity index (χ1v) is 5.59. The monoisotopic (exact) mass is 246 g/mol. The highest BCUT2D eigenvalue weighted by atomic mass is 35.5. The van der Waals surface area contributed by atoms with Crippen molar-refractivity contribution in [1.82, 2.24) is 4.98 Å². The van der Waals surface area contributed by atoms with Gasteiger partial charge in [0.25, 0.3) is 0 Å². The molecule has 0 aliphatic heterocycles. The van der Waals surface area contributed by atoms with Crippen molar-refractivity contribution in [2.45, 2.75) is 6.42 Å². The van der Waals surface area contributed by atoms with Crippen molar-refractivity contribution in [3.05, 3.63) is 41.1 Å². The number of aromatic nitrogens is 1. The van der Waals surface area contributed by atoms with E-state index < -0.39 is 0 Å². The largest absolute Gasteiger partial charge is 0.481 e. The van der Waals surface area contributed by atoms with Crippen molar-refractivity contribution in [2.24, 2.45) is 5.92 Å². The molecule has 1 aromatic heterocycles. The molecule has 0 bridgehead atoms. The number of hydrogen-bond acceptors (Lipinski definition) is 3. The van der Waals surface area contributed by atoms with Gasteiger partial charge in [-0.1, -0.05) is 17.7 Å². The highest BCUT2D eigenvalue weighted by Gasteiger charge is 2.18. The molecule has 0 radical (unpaired) electrons. The van der Waals surface area contributed by atoms with E-state index in [1.165, 1.54) is 0 Å². The van der Waals surface area contributed by atoms with E-state index in [4.69, 9.17) is 21.6 Å². The van der Waals surface area contributed by atoms with Gasteiger partial charge in [-0.2, -0.15) is 5.26 Å². The number of hydrogen-bond donors (Lipinski definition) is 0. The molecule has 0 fully saturated rings. The molecule has 1 heterocycles. The summed E-state index contributed by atoms with van der Waals surface area (Å²) >= 11 is 5.97. The first kappa shape index (κ1) is 11.7. The van der Waals surface area contributed by atoms with Crippen LogP contribution in [0.1, 0.15) is 12.0 Å². The van der Waals surface area contributed by atoms with Gasteiger partial charge in [0.15, 0.2) is 0 Å². The summed E-state index contributed by atoms with van der Waals surface area (Å²) in [5.41, 5.74) is 1.82. The van der Waals surface area contributed by atoms with E-state index in [-0.39, 0.29) is 5.92 Å². The molecule has 1 aliphatic carbocycles. The third-order valence-electron chi connectivity index (χ3n) is 2.65. The van der Waals surface area contributed by atoms with Crippen molar-refractivity contribution < 1.29 is 4.74 Å². The Hall–Kier alpha value is -1.79. The van der Waals surface area contributed by atoms with E-state index in [1.807, 2.05) is 18.2 Å². The maximum absolute atomic E-state index is 9.10. The maximum atomic E-state index is 9.10. The summed E-state index contributed by atoms with van der Waals surface area (Å²) in [7, 11) is 1.57. The zero-order valence-corrected chi connectivity index (χ0v) is 10.1. The fraction of sp³-hybridized carbons (Fsp3) is 0.231. The van der Waals surface area contributed by atoms with Gasteiger partial charge in [0.1, 0.15) is 0 Å². The van der Waals surface area contributed by atoms with Crippen LogP contribution in [-0.4, -0.2) is 12.1 Å². The van der Waals surface area contributed by atoms with Crippen LogP contribution in [-0.2, 0) is 0 Å². The Morgan fingerprint density at radius 2 is 2.35 bits per heavy atom. The smallest absolute Gasteiger partial charge is 0.212 e. The zero-order valence-electron chi connectivity index (χ0n) is 9.35. The lowest BCUT2D eigenvalue weighted by Gasteiger charge is -2.16. The fourth-order valence-corrected chi connectivity index (χ4v) is 1.95. The Morgan fingerprint density at radius 3 is 2.94 bits per heavy atom. The number of halogens is 1. The first-order chi connectivity index (χ1) is 8.24. The lowest BCUT2D eigenvalue weighted by molar-refractivity contribution is 0.398. The van der Waals surface area contributed by atoms with Crippen molar-refractivity contribution >= 4 is 17.2 Å². The van der Waals surface area contributed by atoms with Crippen molar-refractivity contribution in [2.75, 3.05) is 7.11 Å². The summed E-state index contributed by atoms with van der Waals surface area (Å²) in [4.78, 5) is 4.13. The lowest BCUT2D eigenvalue weighted by atomic mass is 9.88. The number of methoxy groups -OCH3 is 1. The van der Waals surface area contributed by atoms with Crippen LogP contribution >= 0.6 is 11.6 Å². The second-order valence-electron chi connectivity index (χ2n) is 3.70. The second kappa shape index (κ2) is 5.03.